The molecule has 0 aliphatic carbocycles. The van der Waals surface area contributed by atoms with Crippen molar-refractivity contribution >= 4 is 0 Å². The molecule has 1 rings (SSSR count). The Labute approximate surface area is 72.8 Å². The summed E-state index contributed by atoms with van der Waals surface area (Å²) in [5, 5.41) is 8.55. The molecule has 0 bridgehead atoms. The van der Waals surface area contributed by atoms with Crippen molar-refractivity contribution in [1.82, 2.24) is 0 Å². The average Bonchev–Trinajstić information content (AvgIpc) is 2.03. The van der Waals surface area contributed by atoms with E-state index < -0.39 is 0 Å². The van der Waals surface area contributed by atoms with Gasteiger partial charge in [-0.05, 0) is 25.5 Å². The zero-order chi connectivity index (χ0) is 8.97. The minimum absolute atomic E-state index is 0.0628. The zero-order valence-corrected chi connectivity index (χ0v) is 7.50. The summed E-state index contributed by atoms with van der Waals surface area (Å²) in [5.41, 5.74) is 2.34. The van der Waals surface area contributed by atoms with Crippen molar-refractivity contribution in [1.29, 1.82) is 0 Å². The van der Waals surface area contributed by atoms with Gasteiger partial charge in [0.25, 0.3) is 0 Å². The molecule has 12 heavy (non-hydrogen) atoms. The molecule has 66 valence electrons. The minimum Gasteiger partial charge on any atom is -0.491 e. The van der Waals surface area contributed by atoms with Crippen LogP contribution in [0.4, 0.5) is 0 Å². The van der Waals surface area contributed by atoms with Crippen molar-refractivity contribution in [2.75, 3.05) is 13.2 Å². The third kappa shape index (κ3) is 2.24. The van der Waals surface area contributed by atoms with Gasteiger partial charge in [-0.3, -0.25) is 0 Å². The molecular formula is C10H14O2. The second-order valence-corrected chi connectivity index (χ2v) is 2.84. The maximum absolute atomic E-state index is 8.55. The second-order valence-electron chi connectivity index (χ2n) is 2.84. The number of ether oxygens (including phenoxy) is 1. The molecule has 2 heteroatoms. The van der Waals surface area contributed by atoms with E-state index in [2.05, 4.69) is 6.07 Å². The molecule has 0 aliphatic rings. The van der Waals surface area contributed by atoms with Gasteiger partial charge in [0.15, 0.2) is 0 Å². The smallest absolute Gasteiger partial charge is 0.122 e. The maximum Gasteiger partial charge on any atom is 0.122 e. The van der Waals surface area contributed by atoms with Gasteiger partial charge in [0.05, 0.1) is 6.61 Å². The molecule has 0 saturated heterocycles. The number of hydrogen-bond donors (Lipinski definition) is 1. The highest BCUT2D eigenvalue weighted by molar-refractivity contribution is 5.35. The first-order chi connectivity index (χ1) is 5.74. The standard InChI is InChI=1S/C10H14O2/c1-8-3-4-10(9(2)7-8)12-6-5-11/h3-4,7,11H,5-6H2,1-2H3. The molecule has 0 aliphatic heterocycles. The van der Waals surface area contributed by atoms with E-state index in [1.165, 1.54) is 5.56 Å². The van der Waals surface area contributed by atoms with Crippen molar-refractivity contribution in [3.63, 3.8) is 0 Å². The van der Waals surface area contributed by atoms with Crippen molar-refractivity contribution in [2.24, 2.45) is 0 Å². The molecule has 0 fully saturated rings. The number of aliphatic hydroxyl groups is 1. The van der Waals surface area contributed by atoms with Crippen molar-refractivity contribution in [3.8, 4) is 5.75 Å². The zero-order valence-electron chi connectivity index (χ0n) is 7.50. The van der Waals surface area contributed by atoms with E-state index in [1.54, 1.807) is 0 Å². The summed E-state index contributed by atoms with van der Waals surface area (Å²) in [6.07, 6.45) is 0. The van der Waals surface area contributed by atoms with Gasteiger partial charge >= 0.3 is 0 Å². The van der Waals surface area contributed by atoms with Crippen molar-refractivity contribution < 1.29 is 9.84 Å². The summed E-state index contributed by atoms with van der Waals surface area (Å²) in [4.78, 5) is 0. The van der Waals surface area contributed by atoms with E-state index >= 15 is 0 Å². The average molecular weight is 166 g/mol. The third-order valence-electron chi connectivity index (χ3n) is 1.68. The highest BCUT2D eigenvalue weighted by Crippen LogP contribution is 2.18. The topological polar surface area (TPSA) is 29.5 Å². The lowest BCUT2D eigenvalue weighted by Gasteiger charge is -2.07. The molecule has 0 heterocycles. The Balaban J connectivity index is 2.72. The van der Waals surface area contributed by atoms with Crippen LogP contribution >= 0.6 is 0 Å². The molecule has 0 spiro atoms. The van der Waals surface area contributed by atoms with E-state index in [0.717, 1.165) is 11.3 Å². The second kappa shape index (κ2) is 4.12. The molecule has 0 unspecified atom stereocenters. The van der Waals surface area contributed by atoms with Crippen LogP contribution in [-0.4, -0.2) is 18.3 Å². The third-order valence-corrected chi connectivity index (χ3v) is 1.68. The first-order valence-electron chi connectivity index (χ1n) is 4.05. The van der Waals surface area contributed by atoms with Gasteiger partial charge < -0.3 is 9.84 Å². The lowest BCUT2D eigenvalue weighted by atomic mass is 10.1. The van der Waals surface area contributed by atoms with E-state index in [0.29, 0.717) is 6.61 Å². The predicted octanol–water partition coefficient (Wildman–Crippen LogP) is 1.67. The van der Waals surface area contributed by atoms with E-state index in [9.17, 15) is 0 Å². The van der Waals surface area contributed by atoms with Crippen LogP contribution in [0, 0.1) is 13.8 Å². The number of aryl methyl sites for hydroxylation is 2. The summed E-state index contributed by atoms with van der Waals surface area (Å²) >= 11 is 0. The highest BCUT2D eigenvalue weighted by atomic mass is 16.5. The number of benzene rings is 1. The number of rotatable bonds is 3. The van der Waals surface area contributed by atoms with Gasteiger partial charge in [-0.25, -0.2) is 0 Å². The molecule has 0 amide bonds. The molecule has 0 aromatic heterocycles. The fourth-order valence-corrected chi connectivity index (χ4v) is 1.12. The van der Waals surface area contributed by atoms with Gasteiger partial charge in [-0.15, -0.1) is 0 Å². The van der Waals surface area contributed by atoms with Crippen LogP contribution in [0.25, 0.3) is 0 Å². The van der Waals surface area contributed by atoms with E-state index in [-0.39, 0.29) is 6.61 Å². The van der Waals surface area contributed by atoms with Crippen LogP contribution in [0.3, 0.4) is 0 Å². The summed E-state index contributed by atoms with van der Waals surface area (Å²) in [7, 11) is 0. The Bertz CT molecular complexity index is 256. The van der Waals surface area contributed by atoms with Crippen LogP contribution < -0.4 is 4.74 Å². The Hall–Kier alpha value is -1.02. The summed E-state index contributed by atoms with van der Waals surface area (Å²) in [5.74, 6) is 0.856. The first kappa shape index (κ1) is 9.07. The van der Waals surface area contributed by atoms with Crippen LogP contribution in [-0.2, 0) is 0 Å². The summed E-state index contributed by atoms with van der Waals surface area (Å²) < 4.78 is 5.29. The highest BCUT2D eigenvalue weighted by Gasteiger charge is 1.97. The minimum atomic E-state index is 0.0628. The summed E-state index contributed by atoms with van der Waals surface area (Å²) in [6, 6.07) is 5.99. The normalized spacial score (nSPS) is 9.92. The quantitative estimate of drug-likeness (QED) is 0.740. The summed E-state index contributed by atoms with van der Waals surface area (Å²) in [6.45, 7) is 4.47. The monoisotopic (exact) mass is 166 g/mol. The van der Waals surface area contributed by atoms with Crippen molar-refractivity contribution in [3.05, 3.63) is 29.3 Å². The Morgan fingerprint density at radius 2 is 2.08 bits per heavy atom. The van der Waals surface area contributed by atoms with Crippen LogP contribution in [0.5, 0.6) is 5.75 Å². The fourth-order valence-electron chi connectivity index (χ4n) is 1.12. The molecule has 0 radical (unpaired) electrons. The van der Waals surface area contributed by atoms with Gasteiger partial charge in [0.1, 0.15) is 12.4 Å². The SMILES string of the molecule is Cc1ccc(OCCO)c(C)c1. The molecule has 1 aromatic rings. The largest absolute Gasteiger partial charge is 0.491 e. The Morgan fingerprint density at radius 1 is 1.33 bits per heavy atom. The number of hydrogen-bond acceptors (Lipinski definition) is 2. The Morgan fingerprint density at radius 3 is 2.67 bits per heavy atom. The number of aliphatic hydroxyl groups excluding tert-OH is 1. The predicted molar refractivity (Wildman–Crippen MR) is 48.5 cm³/mol. The van der Waals surface area contributed by atoms with E-state index in [1.807, 2.05) is 26.0 Å². The molecule has 2 nitrogen and oxygen atoms in total. The molecule has 0 atom stereocenters. The molecule has 1 N–H and O–H groups in total. The van der Waals surface area contributed by atoms with Gasteiger partial charge in [-0.2, -0.15) is 0 Å². The van der Waals surface area contributed by atoms with E-state index in [4.69, 9.17) is 9.84 Å². The van der Waals surface area contributed by atoms with Gasteiger partial charge in [-0.1, -0.05) is 17.7 Å². The van der Waals surface area contributed by atoms with Crippen LogP contribution in [0.2, 0.25) is 0 Å². The first-order valence-corrected chi connectivity index (χ1v) is 4.05. The van der Waals surface area contributed by atoms with Crippen molar-refractivity contribution in [2.45, 2.75) is 13.8 Å². The molecule has 0 saturated carbocycles. The van der Waals surface area contributed by atoms with Crippen LogP contribution in [0.15, 0.2) is 18.2 Å². The maximum atomic E-state index is 8.55. The van der Waals surface area contributed by atoms with Gasteiger partial charge in [0, 0.05) is 0 Å². The van der Waals surface area contributed by atoms with Crippen LogP contribution in [0.1, 0.15) is 11.1 Å². The Kier molecular flexibility index (Phi) is 3.11. The van der Waals surface area contributed by atoms with Gasteiger partial charge in [0.2, 0.25) is 0 Å². The lowest BCUT2D eigenvalue weighted by molar-refractivity contribution is 0.200. The fraction of sp³-hybridized carbons (Fsp3) is 0.400. The molecule has 1 aromatic carbocycles. The molecular weight excluding hydrogens is 152 g/mol. The lowest BCUT2D eigenvalue weighted by Crippen LogP contribution is -2.02.